The molecule has 0 atom stereocenters. The Labute approximate surface area is 472 Å². The molecule has 3 heterocycles. The highest BCUT2D eigenvalue weighted by Crippen LogP contribution is 2.52. The fourth-order valence-electron chi connectivity index (χ4n) is 12.1. The molecule has 0 amide bonds. The number of nitrogens with zero attached hydrogens (tertiary/aromatic N) is 5. The lowest BCUT2D eigenvalue weighted by Gasteiger charge is -2.46. The van der Waals surface area contributed by atoms with Crippen molar-refractivity contribution in [2.24, 2.45) is 0 Å². The number of aromatic nitrogens is 3. The molecule has 0 radical (unpaired) electrons. The second-order valence-corrected chi connectivity index (χ2v) is 20.7. The van der Waals surface area contributed by atoms with Crippen molar-refractivity contribution in [3.8, 4) is 89.8 Å². The van der Waals surface area contributed by atoms with Gasteiger partial charge in [0.2, 0.25) is 0 Å². The van der Waals surface area contributed by atoms with Crippen molar-refractivity contribution in [2.45, 2.75) is 0 Å². The minimum atomic E-state index is -0.265. The zero-order valence-electron chi connectivity index (χ0n) is 44.2. The predicted molar refractivity (Wildman–Crippen MR) is 337 cm³/mol. The molecule has 2 aliphatic rings. The van der Waals surface area contributed by atoms with Gasteiger partial charge in [-0.05, 0) is 109 Å². The Morgan fingerprint density at radius 3 is 0.914 bits per heavy atom. The Hall–Kier alpha value is -10.7. The van der Waals surface area contributed by atoms with Gasteiger partial charge in [0.25, 0.3) is 6.71 Å². The zero-order chi connectivity index (χ0) is 53.6. The first-order valence-corrected chi connectivity index (χ1v) is 27.6. The number of hydrogen-bond donors (Lipinski definition) is 0. The average molecular weight is 1030 g/mol. The molecule has 1 aromatic heterocycles. The van der Waals surface area contributed by atoms with Gasteiger partial charge < -0.3 is 9.80 Å². The molecule has 5 nitrogen and oxygen atoms in total. The van der Waals surface area contributed by atoms with Gasteiger partial charge in [0.1, 0.15) is 0 Å². The molecule has 0 unspecified atom stereocenters. The molecule has 81 heavy (non-hydrogen) atoms. The van der Waals surface area contributed by atoms with Crippen LogP contribution in [0.4, 0.5) is 34.1 Å². The van der Waals surface area contributed by atoms with Crippen molar-refractivity contribution < 1.29 is 0 Å². The van der Waals surface area contributed by atoms with E-state index in [1.807, 2.05) is 36.4 Å². The molecule has 13 aromatic rings. The van der Waals surface area contributed by atoms with Gasteiger partial charge in [0, 0.05) is 45.0 Å². The molecular weight excluding hydrogens is 982 g/mol. The summed E-state index contributed by atoms with van der Waals surface area (Å²) in [5.74, 6) is 1.78. The van der Waals surface area contributed by atoms with Gasteiger partial charge in [-0.1, -0.05) is 261 Å². The Kier molecular flexibility index (Phi) is 11.9. The van der Waals surface area contributed by atoms with Crippen LogP contribution in [0.2, 0.25) is 0 Å². The van der Waals surface area contributed by atoms with Crippen molar-refractivity contribution in [3.05, 3.63) is 303 Å². The summed E-state index contributed by atoms with van der Waals surface area (Å²) >= 11 is 0. The number of fused-ring (bicyclic) bond motifs is 4. The maximum atomic E-state index is 5.58. The first-order chi connectivity index (χ1) is 40.2. The number of anilines is 6. The Morgan fingerprint density at radius 1 is 0.235 bits per heavy atom. The van der Waals surface area contributed by atoms with Gasteiger partial charge >= 0.3 is 0 Å². The SMILES string of the molecule is c1ccc(-c2ccc(N3c4ccc(-c5ccccc5)cc4B4c5cc(-c6ccccc6)ccc5N(c5ccc(-c6ccccc6)cc5)c5c(-c6nc(-c7ccccc7)nc(-c7ccccc7)n6)cc(-c6ccccc6)c3c54)cc2)cc1. The van der Waals surface area contributed by atoms with E-state index in [1.165, 1.54) is 16.5 Å². The van der Waals surface area contributed by atoms with E-state index in [2.05, 4.69) is 277 Å². The van der Waals surface area contributed by atoms with Crippen molar-refractivity contribution in [1.82, 2.24) is 15.0 Å². The number of rotatable bonds is 10. The zero-order valence-corrected chi connectivity index (χ0v) is 44.2. The average Bonchev–Trinajstić information content (AvgIpc) is 2.73. The highest BCUT2D eigenvalue weighted by Gasteiger charge is 2.46. The first kappa shape index (κ1) is 47.5. The van der Waals surface area contributed by atoms with Gasteiger partial charge in [-0.3, -0.25) is 0 Å². The molecule has 2 aliphatic heterocycles. The van der Waals surface area contributed by atoms with E-state index in [4.69, 9.17) is 15.0 Å². The van der Waals surface area contributed by atoms with E-state index < -0.39 is 0 Å². The van der Waals surface area contributed by atoms with E-state index >= 15 is 0 Å². The molecule has 0 saturated heterocycles. The molecule has 0 bridgehead atoms. The molecular formula is C75H50BN5. The fourth-order valence-corrected chi connectivity index (χ4v) is 12.1. The van der Waals surface area contributed by atoms with Crippen LogP contribution in [-0.4, -0.2) is 21.7 Å². The summed E-state index contributed by atoms with van der Waals surface area (Å²) in [5.41, 5.74) is 24.0. The van der Waals surface area contributed by atoms with Crippen molar-refractivity contribution in [1.29, 1.82) is 0 Å². The van der Waals surface area contributed by atoms with Crippen LogP contribution in [0, 0.1) is 0 Å². The molecule has 378 valence electrons. The molecule has 6 heteroatoms. The van der Waals surface area contributed by atoms with E-state index in [1.54, 1.807) is 0 Å². The molecule has 0 fully saturated rings. The number of hydrogen-bond acceptors (Lipinski definition) is 5. The topological polar surface area (TPSA) is 45.2 Å². The quantitative estimate of drug-likeness (QED) is 0.128. The molecule has 12 aromatic carbocycles. The predicted octanol–water partition coefficient (Wildman–Crippen LogP) is 17.3. The Bertz CT molecular complexity index is 4300. The van der Waals surface area contributed by atoms with Gasteiger partial charge in [-0.25, -0.2) is 15.0 Å². The molecule has 0 N–H and O–H groups in total. The summed E-state index contributed by atoms with van der Waals surface area (Å²) in [6.45, 7) is -0.265. The van der Waals surface area contributed by atoms with E-state index in [9.17, 15) is 0 Å². The minimum Gasteiger partial charge on any atom is -0.311 e. The van der Waals surface area contributed by atoms with Crippen molar-refractivity contribution in [3.63, 3.8) is 0 Å². The van der Waals surface area contributed by atoms with E-state index in [-0.39, 0.29) is 6.71 Å². The van der Waals surface area contributed by atoms with E-state index in [0.717, 1.165) is 106 Å². The van der Waals surface area contributed by atoms with Crippen LogP contribution in [0.1, 0.15) is 0 Å². The van der Waals surface area contributed by atoms with Crippen LogP contribution in [0.3, 0.4) is 0 Å². The van der Waals surface area contributed by atoms with Crippen LogP contribution < -0.4 is 26.2 Å². The van der Waals surface area contributed by atoms with Crippen LogP contribution in [0.15, 0.2) is 303 Å². The summed E-state index contributed by atoms with van der Waals surface area (Å²) in [5, 5.41) is 0. The highest BCUT2D eigenvalue weighted by atomic mass is 15.2. The molecule has 15 rings (SSSR count). The third kappa shape index (κ3) is 8.58. The Balaban J connectivity index is 1.10. The fraction of sp³-hybridized carbons (Fsp3) is 0. The summed E-state index contributed by atoms with van der Waals surface area (Å²) in [6, 6.07) is 109. The van der Waals surface area contributed by atoms with Crippen LogP contribution in [-0.2, 0) is 0 Å². The van der Waals surface area contributed by atoms with E-state index in [0.29, 0.717) is 17.5 Å². The van der Waals surface area contributed by atoms with Crippen molar-refractivity contribution in [2.75, 3.05) is 9.80 Å². The largest absolute Gasteiger partial charge is 0.311 e. The third-order valence-corrected chi connectivity index (χ3v) is 15.9. The normalized spacial score (nSPS) is 12.1. The standard InChI is InChI=1S/C75H50BN5/c1-8-22-51(23-9-1)55-36-42-62(43-37-55)80-68-46-40-60(53-26-12-3-13-27-53)48-66(68)76-67-49-61(54-28-14-4-15-29-54)41-47-69(67)81(63-44-38-56(39-45-63)52-24-10-2-11-25-52)72-65(50-64(71(80)70(72)76)57-30-16-5-17-31-57)75-78-73(58-32-18-6-19-33-58)77-74(79-75)59-34-20-7-21-35-59/h1-50H. The Morgan fingerprint density at radius 2 is 0.531 bits per heavy atom. The van der Waals surface area contributed by atoms with Gasteiger partial charge in [-0.2, -0.15) is 0 Å². The summed E-state index contributed by atoms with van der Waals surface area (Å²) in [4.78, 5) is 21.4. The third-order valence-electron chi connectivity index (χ3n) is 15.9. The summed E-state index contributed by atoms with van der Waals surface area (Å²) in [7, 11) is 0. The first-order valence-electron chi connectivity index (χ1n) is 27.6. The smallest absolute Gasteiger partial charge is 0.252 e. The number of benzene rings is 12. The monoisotopic (exact) mass is 1030 g/mol. The lowest BCUT2D eigenvalue weighted by Crippen LogP contribution is -2.61. The molecule has 0 saturated carbocycles. The van der Waals surface area contributed by atoms with Gasteiger partial charge in [0.05, 0.1) is 11.4 Å². The minimum absolute atomic E-state index is 0.265. The van der Waals surface area contributed by atoms with Crippen LogP contribution in [0.5, 0.6) is 0 Å². The lowest BCUT2D eigenvalue weighted by atomic mass is 9.33. The second-order valence-electron chi connectivity index (χ2n) is 20.7. The van der Waals surface area contributed by atoms with Gasteiger partial charge in [0.15, 0.2) is 17.5 Å². The summed E-state index contributed by atoms with van der Waals surface area (Å²) in [6.07, 6.45) is 0. The summed E-state index contributed by atoms with van der Waals surface area (Å²) < 4.78 is 0. The lowest BCUT2D eigenvalue weighted by molar-refractivity contribution is 1.07. The van der Waals surface area contributed by atoms with Crippen molar-refractivity contribution >= 4 is 57.2 Å². The van der Waals surface area contributed by atoms with Crippen LogP contribution >= 0.6 is 0 Å². The molecule has 0 spiro atoms. The maximum absolute atomic E-state index is 5.58. The maximum Gasteiger partial charge on any atom is 0.252 e. The molecule has 0 aliphatic carbocycles. The van der Waals surface area contributed by atoms with Crippen LogP contribution in [0.25, 0.3) is 89.8 Å². The second kappa shape index (κ2) is 20.3. The van der Waals surface area contributed by atoms with Gasteiger partial charge in [-0.15, -0.1) is 0 Å². The highest BCUT2D eigenvalue weighted by molar-refractivity contribution is 7.00.